The zero-order valence-corrected chi connectivity index (χ0v) is 21.5. The lowest BCUT2D eigenvalue weighted by Crippen LogP contribution is -2.54. The average molecular weight is 494 g/mol. The molecule has 0 saturated heterocycles. The van der Waals surface area contributed by atoms with Crippen LogP contribution in [0.15, 0.2) is 48.5 Å². The molecule has 0 aliphatic rings. The lowest BCUT2D eigenvalue weighted by molar-refractivity contribution is -0.140. The van der Waals surface area contributed by atoms with E-state index >= 15 is 0 Å². The maximum absolute atomic E-state index is 13.5. The van der Waals surface area contributed by atoms with Gasteiger partial charge in [-0.25, -0.2) is 8.42 Å². The number of hydrogen-bond donors (Lipinski definition) is 1. The number of anilines is 1. The van der Waals surface area contributed by atoms with Gasteiger partial charge in [-0.3, -0.25) is 13.9 Å². The van der Waals surface area contributed by atoms with Crippen LogP contribution in [0.1, 0.15) is 38.8 Å². The number of hydrogen-bond acceptors (Lipinski definition) is 4. The number of nitrogens with one attached hydrogen (secondary N) is 1. The van der Waals surface area contributed by atoms with Crippen LogP contribution in [0.3, 0.4) is 0 Å². The molecule has 2 amide bonds. The van der Waals surface area contributed by atoms with Crippen molar-refractivity contribution < 1.29 is 18.0 Å². The van der Waals surface area contributed by atoms with Crippen LogP contribution in [0, 0.1) is 6.92 Å². The average Bonchev–Trinajstić information content (AvgIpc) is 2.69. The summed E-state index contributed by atoms with van der Waals surface area (Å²) >= 11 is 5.93. The first-order valence-electron chi connectivity index (χ1n) is 10.6. The van der Waals surface area contributed by atoms with Gasteiger partial charge >= 0.3 is 0 Å². The molecule has 1 N–H and O–H groups in total. The van der Waals surface area contributed by atoms with E-state index in [1.807, 2.05) is 52.0 Å². The largest absolute Gasteiger partial charge is 0.350 e. The van der Waals surface area contributed by atoms with E-state index in [1.54, 1.807) is 19.1 Å². The highest BCUT2D eigenvalue weighted by atomic mass is 35.5. The smallest absolute Gasteiger partial charge is 0.244 e. The van der Waals surface area contributed by atoms with Crippen molar-refractivity contribution in [2.45, 2.75) is 52.7 Å². The van der Waals surface area contributed by atoms with Crippen LogP contribution in [-0.4, -0.2) is 49.5 Å². The summed E-state index contributed by atoms with van der Waals surface area (Å²) in [7, 11) is -3.77. The highest BCUT2D eigenvalue weighted by molar-refractivity contribution is 7.92. The first-order chi connectivity index (χ1) is 15.2. The van der Waals surface area contributed by atoms with Crippen LogP contribution in [0.4, 0.5) is 5.69 Å². The van der Waals surface area contributed by atoms with E-state index in [0.717, 1.165) is 21.7 Å². The minimum absolute atomic E-state index is 0.169. The van der Waals surface area contributed by atoms with E-state index in [4.69, 9.17) is 11.6 Å². The molecule has 1 unspecified atom stereocenters. The van der Waals surface area contributed by atoms with Gasteiger partial charge in [0.15, 0.2) is 0 Å². The number of nitrogens with zero attached hydrogens (tertiary/aromatic N) is 2. The van der Waals surface area contributed by atoms with Crippen molar-refractivity contribution in [2.75, 3.05) is 17.1 Å². The summed E-state index contributed by atoms with van der Waals surface area (Å²) in [6.45, 7) is 8.87. The summed E-state index contributed by atoms with van der Waals surface area (Å²) < 4.78 is 26.1. The van der Waals surface area contributed by atoms with Crippen LogP contribution in [0.5, 0.6) is 0 Å². The first-order valence-corrected chi connectivity index (χ1v) is 12.8. The number of carbonyl (C=O) groups excluding carboxylic acids is 2. The fourth-order valence-electron chi connectivity index (χ4n) is 3.25. The molecule has 9 heteroatoms. The van der Waals surface area contributed by atoms with Crippen LogP contribution in [-0.2, 0) is 26.2 Å². The molecule has 0 radical (unpaired) electrons. The second-order valence-corrected chi connectivity index (χ2v) is 11.5. The third kappa shape index (κ3) is 7.75. The zero-order valence-electron chi connectivity index (χ0n) is 19.9. The number of benzene rings is 2. The van der Waals surface area contributed by atoms with Crippen LogP contribution in [0.2, 0.25) is 5.02 Å². The van der Waals surface area contributed by atoms with Gasteiger partial charge < -0.3 is 10.2 Å². The lowest BCUT2D eigenvalue weighted by Gasteiger charge is -2.33. The van der Waals surface area contributed by atoms with Crippen molar-refractivity contribution in [2.24, 2.45) is 0 Å². The molecule has 0 fully saturated rings. The van der Waals surface area contributed by atoms with Gasteiger partial charge in [0, 0.05) is 17.1 Å². The van der Waals surface area contributed by atoms with Crippen molar-refractivity contribution in [1.29, 1.82) is 0 Å². The molecular formula is C24H32ClN3O4S. The predicted octanol–water partition coefficient (Wildman–Crippen LogP) is 3.75. The Kier molecular flexibility index (Phi) is 8.54. The Balaban J connectivity index is 2.41. The fraction of sp³-hybridized carbons (Fsp3) is 0.417. The number of sulfonamides is 1. The second-order valence-electron chi connectivity index (χ2n) is 9.11. The number of halogens is 1. The number of amides is 2. The molecule has 2 rings (SSSR count). The van der Waals surface area contributed by atoms with Gasteiger partial charge in [0.1, 0.15) is 12.6 Å². The Hall–Kier alpha value is -2.58. The van der Waals surface area contributed by atoms with Crippen LogP contribution in [0.25, 0.3) is 0 Å². The van der Waals surface area contributed by atoms with Crippen molar-refractivity contribution in [3.05, 3.63) is 64.7 Å². The van der Waals surface area contributed by atoms with E-state index in [9.17, 15) is 18.0 Å². The van der Waals surface area contributed by atoms with Crippen LogP contribution < -0.4 is 9.62 Å². The number of aryl methyl sites for hydroxylation is 1. The van der Waals surface area contributed by atoms with E-state index < -0.39 is 34.1 Å². The third-order valence-corrected chi connectivity index (χ3v) is 6.45. The second kappa shape index (κ2) is 10.6. The molecule has 33 heavy (non-hydrogen) atoms. The van der Waals surface area contributed by atoms with Gasteiger partial charge in [-0.1, -0.05) is 35.9 Å². The Morgan fingerprint density at radius 2 is 1.64 bits per heavy atom. The van der Waals surface area contributed by atoms with Crippen molar-refractivity contribution in [1.82, 2.24) is 10.2 Å². The Bertz CT molecular complexity index is 1100. The van der Waals surface area contributed by atoms with Crippen molar-refractivity contribution in [3.8, 4) is 0 Å². The monoisotopic (exact) mass is 493 g/mol. The van der Waals surface area contributed by atoms with Gasteiger partial charge in [0.2, 0.25) is 21.8 Å². The summed E-state index contributed by atoms with van der Waals surface area (Å²) in [5, 5.41) is 3.35. The predicted molar refractivity (Wildman–Crippen MR) is 133 cm³/mol. The SMILES string of the molecule is Cc1ccccc1CN(C(=O)CN(c1ccc(Cl)cc1)S(C)(=O)=O)C(C)C(=O)NC(C)(C)C. The van der Waals surface area contributed by atoms with Crippen LogP contribution >= 0.6 is 11.6 Å². The minimum atomic E-state index is -3.77. The number of carbonyl (C=O) groups is 2. The molecule has 0 heterocycles. The van der Waals surface area contributed by atoms with Crippen molar-refractivity contribution in [3.63, 3.8) is 0 Å². The Labute approximate surface area is 201 Å². The molecule has 1 atom stereocenters. The fourth-order valence-corrected chi connectivity index (χ4v) is 4.22. The summed E-state index contributed by atoms with van der Waals surface area (Å²) in [6.07, 6.45) is 1.04. The lowest BCUT2D eigenvalue weighted by atomic mass is 10.1. The molecule has 2 aromatic rings. The van der Waals surface area contributed by atoms with Gasteiger partial charge in [0.25, 0.3) is 0 Å². The highest BCUT2D eigenvalue weighted by Gasteiger charge is 2.31. The van der Waals surface area contributed by atoms with Gasteiger partial charge in [-0.15, -0.1) is 0 Å². The summed E-state index contributed by atoms with van der Waals surface area (Å²) in [4.78, 5) is 27.8. The minimum Gasteiger partial charge on any atom is -0.350 e. The first kappa shape index (κ1) is 26.7. The topological polar surface area (TPSA) is 86.8 Å². The van der Waals surface area contributed by atoms with E-state index in [-0.39, 0.29) is 12.5 Å². The number of rotatable bonds is 8. The van der Waals surface area contributed by atoms with Gasteiger partial charge in [-0.05, 0) is 70.0 Å². The van der Waals surface area contributed by atoms with E-state index in [0.29, 0.717) is 10.7 Å². The summed E-state index contributed by atoms with van der Waals surface area (Å²) in [5.41, 5.74) is 1.68. The van der Waals surface area contributed by atoms with Crippen molar-refractivity contribution >= 4 is 39.1 Å². The molecule has 0 saturated carbocycles. The summed E-state index contributed by atoms with van der Waals surface area (Å²) in [5.74, 6) is -0.808. The molecule has 0 aliphatic heterocycles. The molecule has 0 bridgehead atoms. The molecule has 180 valence electrons. The highest BCUT2D eigenvalue weighted by Crippen LogP contribution is 2.22. The molecule has 2 aromatic carbocycles. The quantitative estimate of drug-likeness (QED) is 0.606. The zero-order chi connectivity index (χ0) is 25.0. The normalized spacial score (nSPS) is 12.7. The molecule has 0 spiro atoms. The standard InChI is InChI=1S/C24H32ClN3O4S/c1-17-9-7-8-10-19(17)15-27(18(2)23(30)26-24(3,4)5)22(29)16-28(33(6,31)32)21-13-11-20(25)12-14-21/h7-14,18H,15-16H2,1-6H3,(H,26,30). The third-order valence-electron chi connectivity index (χ3n) is 5.06. The van der Waals surface area contributed by atoms with E-state index in [1.165, 1.54) is 17.0 Å². The maximum atomic E-state index is 13.5. The Morgan fingerprint density at radius 1 is 1.06 bits per heavy atom. The maximum Gasteiger partial charge on any atom is 0.244 e. The van der Waals surface area contributed by atoms with Gasteiger partial charge in [-0.2, -0.15) is 0 Å². The Morgan fingerprint density at radius 3 is 2.15 bits per heavy atom. The molecule has 7 nitrogen and oxygen atoms in total. The molecule has 0 aromatic heterocycles. The summed E-state index contributed by atoms with van der Waals surface area (Å²) in [6, 6.07) is 13.0. The molecule has 0 aliphatic carbocycles. The van der Waals surface area contributed by atoms with E-state index in [2.05, 4.69) is 5.32 Å². The van der Waals surface area contributed by atoms with Gasteiger partial charge in [0.05, 0.1) is 11.9 Å². The molecular weight excluding hydrogens is 462 g/mol.